The number of hydrogen-bond donors (Lipinski definition) is 0. The highest BCUT2D eigenvalue weighted by Gasteiger charge is 2.24. The van der Waals surface area contributed by atoms with Gasteiger partial charge in [0.25, 0.3) is 0 Å². The smallest absolute Gasteiger partial charge is 0.141 e. The lowest BCUT2D eigenvalue weighted by atomic mass is 10.1. The van der Waals surface area contributed by atoms with Crippen molar-refractivity contribution < 1.29 is 9.13 Å². The van der Waals surface area contributed by atoms with E-state index in [9.17, 15) is 4.39 Å². The molecule has 0 fully saturated rings. The first kappa shape index (κ1) is 13.0. The van der Waals surface area contributed by atoms with E-state index >= 15 is 0 Å². The molecule has 0 amide bonds. The Balaban J connectivity index is 1.87. The van der Waals surface area contributed by atoms with Crippen molar-refractivity contribution in [1.29, 1.82) is 5.26 Å². The van der Waals surface area contributed by atoms with Crippen molar-refractivity contribution in [3.8, 4) is 11.8 Å². The first-order chi connectivity index (χ1) is 9.67. The van der Waals surface area contributed by atoms with Gasteiger partial charge in [-0.15, -0.1) is 0 Å². The summed E-state index contributed by atoms with van der Waals surface area (Å²) >= 11 is 6.01. The van der Waals surface area contributed by atoms with Crippen molar-refractivity contribution in [1.82, 2.24) is 0 Å². The molecule has 0 N–H and O–H groups in total. The van der Waals surface area contributed by atoms with Crippen LogP contribution in [0.5, 0.6) is 5.75 Å². The Labute approximate surface area is 121 Å². The Bertz CT molecular complexity index is 708. The SMILES string of the molecule is N#Cc1cc(O[C@H]2CCc3ccc(Cl)cc32)ccc1F. The highest BCUT2D eigenvalue weighted by atomic mass is 35.5. The van der Waals surface area contributed by atoms with Gasteiger partial charge in [0.05, 0.1) is 5.56 Å². The minimum absolute atomic E-state index is 0.00758. The van der Waals surface area contributed by atoms with Gasteiger partial charge in [0.1, 0.15) is 23.7 Å². The molecule has 4 heteroatoms. The highest BCUT2D eigenvalue weighted by Crippen LogP contribution is 2.36. The van der Waals surface area contributed by atoms with E-state index in [1.54, 1.807) is 6.07 Å². The summed E-state index contributed by atoms with van der Waals surface area (Å²) in [6, 6.07) is 11.8. The number of aryl methyl sites for hydroxylation is 1. The summed E-state index contributed by atoms with van der Waals surface area (Å²) in [4.78, 5) is 0. The molecule has 20 heavy (non-hydrogen) atoms. The fourth-order valence-electron chi connectivity index (χ4n) is 2.49. The van der Waals surface area contributed by atoms with Gasteiger partial charge in [0.2, 0.25) is 0 Å². The largest absolute Gasteiger partial charge is 0.486 e. The zero-order valence-corrected chi connectivity index (χ0v) is 11.3. The topological polar surface area (TPSA) is 33.0 Å². The molecule has 0 radical (unpaired) electrons. The lowest BCUT2D eigenvalue weighted by molar-refractivity contribution is 0.207. The van der Waals surface area contributed by atoms with Crippen molar-refractivity contribution >= 4 is 11.6 Å². The molecule has 2 aromatic rings. The van der Waals surface area contributed by atoms with Crippen LogP contribution in [-0.4, -0.2) is 0 Å². The molecule has 0 aromatic heterocycles. The fraction of sp³-hybridized carbons (Fsp3) is 0.188. The summed E-state index contributed by atoms with van der Waals surface area (Å²) in [6.45, 7) is 0. The van der Waals surface area contributed by atoms with Gasteiger partial charge < -0.3 is 4.74 Å². The molecule has 2 nitrogen and oxygen atoms in total. The van der Waals surface area contributed by atoms with Crippen LogP contribution in [0.15, 0.2) is 36.4 Å². The van der Waals surface area contributed by atoms with E-state index in [-0.39, 0.29) is 11.7 Å². The number of ether oxygens (including phenoxy) is 1. The number of fused-ring (bicyclic) bond motifs is 1. The second-order valence-corrected chi connectivity index (χ2v) is 5.18. The predicted octanol–water partition coefficient (Wildman–Crippen LogP) is 4.42. The van der Waals surface area contributed by atoms with Crippen LogP contribution in [0.2, 0.25) is 5.02 Å². The summed E-state index contributed by atoms with van der Waals surface area (Å²) in [6.07, 6.45) is 1.69. The molecular weight excluding hydrogens is 277 g/mol. The van der Waals surface area contributed by atoms with Crippen LogP contribution in [0.4, 0.5) is 4.39 Å². The van der Waals surface area contributed by atoms with Crippen molar-refractivity contribution in [2.24, 2.45) is 0 Å². The van der Waals surface area contributed by atoms with Gasteiger partial charge in [0.15, 0.2) is 0 Å². The third-order valence-corrected chi connectivity index (χ3v) is 3.70. The predicted molar refractivity (Wildman–Crippen MR) is 74.3 cm³/mol. The maximum Gasteiger partial charge on any atom is 0.141 e. The Hall–Kier alpha value is -2.05. The van der Waals surface area contributed by atoms with E-state index in [0.29, 0.717) is 10.8 Å². The zero-order chi connectivity index (χ0) is 14.1. The minimum atomic E-state index is -0.533. The van der Waals surface area contributed by atoms with E-state index < -0.39 is 5.82 Å². The number of nitrogens with zero attached hydrogens (tertiary/aromatic N) is 1. The third-order valence-electron chi connectivity index (χ3n) is 3.47. The Morgan fingerprint density at radius 3 is 2.90 bits per heavy atom. The second-order valence-electron chi connectivity index (χ2n) is 4.74. The molecule has 0 aliphatic heterocycles. The third kappa shape index (κ3) is 2.35. The summed E-state index contributed by atoms with van der Waals surface area (Å²) in [7, 11) is 0. The molecule has 0 saturated heterocycles. The zero-order valence-electron chi connectivity index (χ0n) is 10.6. The molecule has 3 rings (SSSR count). The number of nitriles is 1. The quantitative estimate of drug-likeness (QED) is 0.819. The molecule has 0 unspecified atom stereocenters. The van der Waals surface area contributed by atoms with Crippen molar-refractivity contribution in [3.63, 3.8) is 0 Å². The Morgan fingerprint density at radius 2 is 2.10 bits per heavy atom. The van der Waals surface area contributed by atoms with Gasteiger partial charge in [-0.05, 0) is 48.2 Å². The van der Waals surface area contributed by atoms with Crippen LogP contribution in [0.1, 0.15) is 29.2 Å². The average Bonchev–Trinajstić information content (AvgIpc) is 2.83. The highest BCUT2D eigenvalue weighted by molar-refractivity contribution is 6.30. The lowest BCUT2D eigenvalue weighted by Crippen LogP contribution is -2.04. The molecule has 0 heterocycles. The number of rotatable bonds is 2. The molecule has 0 saturated carbocycles. The fourth-order valence-corrected chi connectivity index (χ4v) is 2.67. The molecule has 2 aromatic carbocycles. The van der Waals surface area contributed by atoms with Gasteiger partial charge in [-0.25, -0.2) is 4.39 Å². The van der Waals surface area contributed by atoms with Crippen LogP contribution >= 0.6 is 11.6 Å². The Kier molecular flexibility index (Phi) is 3.33. The minimum Gasteiger partial charge on any atom is -0.486 e. The van der Waals surface area contributed by atoms with E-state index in [4.69, 9.17) is 21.6 Å². The second kappa shape index (κ2) is 5.15. The number of halogens is 2. The molecule has 1 aliphatic rings. The van der Waals surface area contributed by atoms with Crippen molar-refractivity contribution in [2.45, 2.75) is 18.9 Å². The maximum atomic E-state index is 13.3. The average molecular weight is 288 g/mol. The summed E-state index contributed by atoms with van der Waals surface area (Å²) < 4.78 is 19.2. The van der Waals surface area contributed by atoms with E-state index in [0.717, 1.165) is 18.4 Å². The van der Waals surface area contributed by atoms with Crippen LogP contribution < -0.4 is 4.74 Å². The van der Waals surface area contributed by atoms with Gasteiger partial charge in [-0.3, -0.25) is 0 Å². The van der Waals surface area contributed by atoms with E-state index in [1.807, 2.05) is 24.3 Å². The van der Waals surface area contributed by atoms with Gasteiger partial charge in [-0.2, -0.15) is 5.26 Å². The maximum absolute atomic E-state index is 13.3. The van der Waals surface area contributed by atoms with Gasteiger partial charge in [0, 0.05) is 11.1 Å². The van der Waals surface area contributed by atoms with Crippen molar-refractivity contribution in [2.75, 3.05) is 0 Å². The monoisotopic (exact) mass is 287 g/mol. The molecule has 100 valence electrons. The van der Waals surface area contributed by atoms with Crippen LogP contribution in [0.3, 0.4) is 0 Å². The van der Waals surface area contributed by atoms with E-state index in [1.165, 1.54) is 17.7 Å². The number of hydrogen-bond acceptors (Lipinski definition) is 2. The molecular formula is C16H11ClFNO. The summed E-state index contributed by atoms with van der Waals surface area (Å²) in [5.74, 6) is -0.0320. The standard InChI is InChI=1S/C16H11ClFNO/c17-12-3-1-10-2-6-16(14(10)8-12)20-13-4-5-15(18)11(7-13)9-19/h1,3-5,7-8,16H,2,6H2/t16-/m0/s1. The molecule has 0 bridgehead atoms. The van der Waals surface area contributed by atoms with Crippen molar-refractivity contribution in [3.05, 3.63) is 63.9 Å². The normalized spacial score (nSPS) is 16.6. The molecule has 0 spiro atoms. The van der Waals surface area contributed by atoms with Crippen LogP contribution in [0, 0.1) is 17.1 Å². The lowest BCUT2D eigenvalue weighted by Gasteiger charge is -2.15. The molecule has 1 atom stereocenters. The Morgan fingerprint density at radius 1 is 1.25 bits per heavy atom. The van der Waals surface area contributed by atoms with Crippen LogP contribution in [-0.2, 0) is 6.42 Å². The number of benzene rings is 2. The van der Waals surface area contributed by atoms with E-state index in [2.05, 4.69) is 0 Å². The summed E-state index contributed by atoms with van der Waals surface area (Å²) in [5.41, 5.74) is 2.29. The summed E-state index contributed by atoms with van der Waals surface area (Å²) in [5, 5.41) is 9.51. The molecule has 1 aliphatic carbocycles. The first-order valence-electron chi connectivity index (χ1n) is 6.32. The van der Waals surface area contributed by atoms with Gasteiger partial charge in [-0.1, -0.05) is 17.7 Å². The van der Waals surface area contributed by atoms with Gasteiger partial charge >= 0.3 is 0 Å². The first-order valence-corrected chi connectivity index (χ1v) is 6.70. The van der Waals surface area contributed by atoms with Crippen LogP contribution in [0.25, 0.3) is 0 Å².